The molecule has 1 aliphatic rings. The quantitative estimate of drug-likeness (QED) is 0.330. The van der Waals surface area contributed by atoms with Crippen molar-refractivity contribution in [2.24, 2.45) is 0 Å². The number of hydrogen-bond donors (Lipinski definition) is 2. The van der Waals surface area contributed by atoms with Gasteiger partial charge in [0.05, 0.1) is 23.8 Å². The Kier molecular flexibility index (Phi) is 4.82. The van der Waals surface area contributed by atoms with Crippen LogP contribution in [0.5, 0.6) is 11.5 Å². The zero-order valence-electron chi connectivity index (χ0n) is 13.8. The van der Waals surface area contributed by atoms with E-state index in [1.54, 1.807) is 24.3 Å². The van der Waals surface area contributed by atoms with Crippen LogP contribution in [0, 0.1) is 10.1 Å². The van der Waals surface area contributed by atoms with Crippen LogP contribution < -0.4 is 15.2 Å². The van der Waals surface area contributed by atoms with E-state index < -0.39 is 22.5 Å². The first kappa shape index (κ1) is 18.4. The summed E-state index contributed by atoms with van der Waals surface area (Å²) >= 11 is 3.28. The molecule has 0 atom stereocenters. The zero-order chi connectivity index (χ0) is 19.7. The van der Waals surface area contributed by atoms with Gasteiger partial charge in [0, 0.05) is 16.1 Å². The molecule has 1 heterocycles. The number of nitrogens with one attached hydrogen (secondary N) is 1. The summed E-state index contributed by atoms with van der Waals surface area (Å²) in [5.74, 6) is -1.93. The number of nitrogens with zero attached hydrogens (tertiary/aromatic N) is 2. The van der Waals surface area contributed by atoms with Gasteiger partial charge in [0.15, 0.2) is 11.5 Å². The van der Waals surface area contributed by atoms with Crippen molar-refractivity contribution in [2.45, 2.75) is 0 Å². The van der Waals surface area contributed by atoms with E-state index in [2.05, 4.69) is 21.4 Å². The molecule has 1 aliphatic heterocycles. The van der Waals surface area contributed by atoms with Gasteiger partial charge in [-0.25, -0.2) is 5.01 Å². The van der Waals surface area contributed by atoms with Crippen LogP contribution in [0.15, 0.2) is 46.4 Å². The molecule has 27 heavy (non-hydrogen) atoms. The van der Waals surface area contributed by atoms with Crippen molar-refractivity contribution in [3.63, 3.8) is 0 Å². The van der Waals surface area contributed by atoms with Crippen LogP contribution in [0.2, 0.25) is 0 Å². The van der Waals surface area contributed by atoms with Gasteiger partial charge in [-0.1, -0.05) is 15.9 Å². The second-order valence-electron chi connectivity index (χ2n) is 5.46. The highest BCUT2D eigenvalue weighted by Crippen LogP contribution is 2.36. The lowest BCUT2D eigenvalue weighted by Crippen LogP contribution is -2.35. The van der Waals surface area contributed by atoms with Crippen molar-refractivity contribution >= 4 is 45.2 Å². The lowest BCUT2D eigenvalue weighted by Gasteiger charge is -2.14. The van der Waals surface area contributed by atoms with E-state index >= 15 is 0 Å². The number of phenolic OH excluding ortho intramolecular Hbond substituents is 1. The number of rotatable bonds is 4. The summed E-state index contributed by atoms with van der Waals surface area (Å²) in [6.45, 7) is 0. The normalized spacial score (nSPS) is 15.2. The molecular weight excluding hydrogens is 422 g/mol. The van der Waals surface area contributed by atoms with Gasteiger partial charge in [0.2, 0.25) is 0 Å². The molecule has 0 aliphatic carbocycles. The van der Waals surface area contributed by atoms with Crippen LogP contribution in [0.3, 0.4) is 0 Å². The number of hydrazine groups is 1. The van der Waals surface area contributed by atoms with Crippen LogP contribution in [0.1, 0.15) is 5.56 Å². The van der Waals surface area contributed by atoms with Gasteiger partial charge < -0.3 is 9.84 Å². The van der Waals surface area contributed by atoms with E-state index in [1.807, 2.05) is 0 Å². The van der Waals surface area contributed by atoms with Gasteiger partial charge >= 0.3 is 0 Å². The molecule has 2 amide bonds. The summed E-state index contributed by atoms with van der Waals surface area (Å²) in [5, 5.41) is 22.3. The minimum Gasteiger partial charge on any atom is -0.504 e. The molecule has 0 unspecified atom stereocenters. The Morgan fingerprint density at radius 1 is 1.26 bits per heavy atom. The topological polar surface area (TPSA) is 122 Å². The molecule has 2 N–H and O–H groups in total. The van der Waals surface area contributed by atoms with Crippen molar-refractivity contribution in [3.05, 3.63) is 62.1 Å². The van der Waals surface area contributed by atoms with Crippen molar-refractivity contribution in [3.8, 4) is 11.5 Å². The molecule has 1 saturated heterocycles. The first-order chi connectivity index (χ1) is 12.8. The molecule has 0 aromatic heterocycles. The summed E-state index contributed by atoms with van der Waals surface area (Å²) in [5.41, 5.74) is 2.12. The Balaban J connectivity index is 2.03. The number of amides is 2. The number of non-ortho nitro benzene ring substituents is 1. The summed E-state index contributed by atoms with van der Waals surface area (Å²) in [4.78, 5) is 35.2. The fourth-order valence-corrected chi connectivity index (χ4v) is 2.73. The Bertz CT molecular complexity index is 987. The number of benzene rings is 2. The Morgan fingerprint density at radius 2 is 1.93 bits per heavy atom. The number of ether oxygens (including phenoxy) is 1. The highest BCUT2D eigenvalue weighted by molar-refractivity contribution is 9.10. The van der Waals surface area contributed by atoms with Gasteiger partial charge in [-0.05, 0) is 30.3 Å². The molecule has 1 fully saturated rings. The number of aromatic hydroxyl groups is 1. The smallest absolute Gasteiger partial charge is 0.282 e. The number of nitro groups is 1. The van der Waals surface area contributed by atoms with E-state index in [1.165, 1.54) is 7.11 Å². The third-order valence-electron chi connectivity index (χ3n) is 3.80. The summed E-state index contributed by atoms with van der Waals surface area (Å²) in [6.07, 6.45) is 1.08. The fourth-order valence-electron chi connectivity index (χ4n) is 2.47. The number of halogens is 1. The minimum atomic E-state index is -0.701. The Hall–Kier alpha value is -3.40. The molecule has 3 rings (SSSR count). The Labute approximate surface area is 161 Å². The van der Waals surface area contributed by atoms with E-state index in [-0.39, 0.29) is 22.6 Å². The number of anilines is 1. The maximum absolute atomic E-state index is 12.6. The van der Waals surface area contributed by atoms with Crippen LogP contribution in [0.25, 0.3) is 6.08 Å². The molecule has 2 aromatic rings. The zero-order valence-corrected chi connectivity index (χ0v) is 15.4. The van der Waals surface area contributed by atoms with E-state index in [9.17, 15) is 24.8 Å². The largest absolute Gasteiger partial charge is 0.504 e. The number of hydrogen-bond acceptors (Lipinski definition) is 6. The summed E-state index contributed by atoms with van der Waals surface area (Å²) in [7, 11) is 1.23. The maximum Gasteiger partial charge on any atom is 0.282 e. The predicted molar refractivity (Wildman–Crippen MR) is 99.1 cm³/mol. The third kappa shape index (κ3) is 3.47. The van der Waals surface area contributed by atoms with Crippen molar-refractivity contribution < 1.29 is 24.4 Å². The SMILES string of the molecule is COc1cc([N+](=O)[O-])cc(/C=C2/C(=O)NN(c3ccc(Br)cc3)C2=O)c1O. The van der Waals surface area contributed by atoms with E-state index in [0.29, 0.717) is 5.69 Å². The van der Waals surface area contributed by atoms with Crippen molar-refractivity contribution in [1.29, 1.82) is 0 Å². The standard InChI is InChI=1S/C17H12BrN3O6/c1-27-14-8-12(21(25)26)6-9(15(14)22)7-13-16(23)19-20(17(13)24)11-4-2-10(18)3-5-11/h2-8,22H,1H3,(H,19,23)/b13-7-. The molecule has 138 valence electrons. The molecule has 0 saturated carbocycles. The summed E-state index contributed by atoms with van der Waals surface area (Å²) < 4.78 is 5.71. The van der Waals surface area contributed by atoms with Gasteiger partial charge in [-0.3, -0.25) is 25.1 Å². The Morgan fingerprint density at radius 3 is 2.52 bits per heavy atom. The second kappa shape index (κ2) is 7.08. The van der Waals surface area contributed by atoms with Crippen molar-refractivity contribution in [2.75, 3.05) is 12.1 Å². The van der Waals surface area contributed by atoms with Crippen LogP contribution >= 0.6 is 15.9 Å². The summed E-state index contributed by atoms with van der Waals surface area (Å²) in [6, 6.07) is 8.75. The highest BCUT2D eigenvalue weighted by atomic mass is 79.9. The van der Waals surface area contributed by atoms with Gasteiger partial charge in [0.1, 0.15) is 5.57 Å². The predicted octanol–water partition coefficient (Wildman–Crippen LogP) is 2.53. The van der Waals surface area contributed by atoms with Crippen LogP contribution in [-0.4, -0.2) is 29.0 Å². The second-order valence-corrected chi connectivity index (χ2v) is 6.37. The first-order valence-electron chi connectivity index (χ1n) is 7.50. The number of carbonyl (C=O) groups is 2. The molecular formula is C17H12BrN3O6. The highest BCUT2D eigenvalue weighted by Gasteiger charge is 2.35. The number of phenols is 1. The van der Waals surface area contributed by atoms with E-state index in [0.717, 1.165) is 27.7 Å². The molecule has 0 spiro atoms. The van der Waals surface area contributed by atoms with Crippen LogP contribution in [0.4, 0.5) is 11.4 Å². The number of nitro benzene ring substituents is 1. The lowest BCUT2D eigenvalue weighted by molar-refractivity contribution is -0.385. The third-order valence-corrected chi connectivity index (χ3v) is 4.32. The van der Waals surface area contributed by atoms with Gasteiger partial charge in [-0.2, -0.15) is 0 Å². The first-order valence-corrected chi connectivity index (χ1v) is 8.29. The van der Waals surface area contributed by atoms with Crippen LogP contribution in [-0.2, 0) is 9.59 Å². The van der Waals surface area contributed by atoms with Crippen molar-refractivity contribution in [1.82, 2.24) is 5.43 Å². The van der Waals surface area contributed by atoms with Gasteiger partial charge in [-0.15, -0.1) is 0 Å². The maximum atomic E-state index is 12.6. The number of carbonyl (C=O) groups excluding carboxylic acids is 2. The van der Waals surface area contributed by atoms with Gasteiger partial charge in [0.25, 0.3) is 17.5 Å². The number of methoxy groups -OCH3 is 1. The minimum absolute atomic E-state index is 0.0859. The molecule has 9 nitrogen and oxygen atoms in total. The molecule has 0 radical (unpaired) electrons. The molecule has 10 heteroatoms. The lowest BCUT2D eigenvalue weighted by atomic mass is 10.1. The van der Waals surface area contributed by atoms with E-state index in [4.69, 9.17) is 4.74 Å². The molecule has 2 aromatic carbocycles. The fraction of sp³-hybridized carbons (Fsp3) is 0.0588. The average Bonchev–Trinajstić information content (AvgIpc) is 2.92. The average molecular weight is 434 g/mol. The monoisotopic (exact) mass is 433 g/mol. The molecule has 0 bridgehead atoms.